The van der Waals surface area contributed by atoms with Gasteiger partial charge in [-0.25, -0.2) is 0 Å². The number of fused-ring (bicyclic) bond motifs is 1. The Morgan fingerprint density at radius 3 is 2.88 bits per heavy atom. The molecule has 132 valence electrons. The minimum atomic E-state index is -0.136. The van der Waals surface area contributed by atoms with Crippen LogP contribution in [0.2, 0.25) is 0 Å². The highest BCUT2D eigenvalue weighted by Gasteiger charge is 2.27. The maximum atomic E-state index is 12.6. The first-order valence-electron chi connectivity index (χ1n) is 9.02. The molecule has 1 amide bonds. The molecule has 1 fully saturated rings. The van der Waals surface area contributed by atoms with E-state index in [9.17, 15) is 4.79 Å². The van der Waals surface area contributed by atoms with Gasteiger partial charge in [0.2, 0.25) is 5.91 Å². The summed E-state index contributed by atoms with van der Waals surface area (Å²) in [5.41, 5.74) is 1.08. The van der Waals surface area contributed by atoms with E-state index >= 15 is 0 Å². The van der Waals surface area contributed by atoms with Crippen LogP contribution >= 0.6 is 0 Å². The van der Waals surface area contributed by atoms with Gasteiger partial charge in [-0.05, 0) is 32.3 Å². The van der Waals surface area contributed by atoms with Gasteiger partial charge in [-0.1, -0.05) is 25.0 Å². The average molecular weight is 332 g/mol. The number of methoxy groups -OCH3 is 1. The molecule has 0 bridgehead atoms. The van der Waals surface area contributed by atoms with Gasteiger partial charge in [0.1, 0.15) is 0 Å². The van der Waals surface area contributed by atoms with Gasteiger partial charge in [-0.3, -0.25) is 9.69 Å². The lowest BCUT2D eigenvalue weighted by Crippen LogP contribution is -2.48. The molecule has 0 saturated heterocycles. The minimum Gasteiger partial charge on any atom is -0.493 e. The van der Waals surface area contributed by atoms with Crippen LogP contribution in [0.3, 0.4) is 0 Å². The number of benzene rings is 1. The van der Waals surface area contributed by atoms with Gasteiger partial charge >= 0.3 is 0 Å². The highest BCUT2D eigenvalue weighted by molar-refractivity contribution is 5.81. The summed E-state index contributed by atoms with van der Waals surface area (Å²) in [5, 5.41) is 3.22. The predicted molar refractivity (Wildman–Crippen MR) is 93.4 cm³/mol. The Labute approximate surface area is 144 Å². The zero-order valence-electron chi connectivity index (χ0n) is 14.7. The highest BCUT2D eigenvalue weighted by atomic mass is 16.5. The number of nitrogens with one attached hydrogen (secondary N) is 1. The number of nitrogens with zero attached hydrogens (tertiary/aromatic N) is 1. The number of ether oxygens (including phenoxy) is 2. The van der Waals surface area contributed by atoms with E-state index in [-0.39, 0.29) is 11.9 Å². The van der Waals surface area contributed by atoms with Crippen molar-refractivity contribution in [3.8, 4) is 11.5 Å². The number of carbonyl (C=O) groups excluding carboxylic acids is 1. The van der Waals surface area contributed by atoms with E-state index in [2.05, 4.69) is 16.3 Å². The molecule has 1 atom stereocenters. The number of hydrogen-bond donors (Lipinski definition) is 1. The maximum Gasteiger partial charge on any atom is 0.237 e. The first-order valence-corrected chi connectivity index (χ1v) is 9.02. The summed E-state index contributed by atoms with van der Waals surface area (Å²) in [5.74, 6) is 1.72. The van der Waals surface area contributed by atoms with Crippen molar-refractivity contribution in [3.05, 3.63) is 23.8 Å². The molecule has 0 unspecified atom stereocenters. The first kappa shape index (κ1) is 17.1. The molecule has 1 aliphatic heterocycles. The Morgan fingerprint density at radius 1 is 1.33 bits per heavy atom. The van der Waals surface area contributed by atoms with E-state index in [1.807, 2.05) is 19.1 Å². The number of carbonyl (C=O) groups is 1. The Kier molecular flexibility index (Phi) is 5.61. The highest BCUT2D eigenvalue weighted by Crippen LogP contribution is 2.33. The molecule has 0 aromatic heterocycles. The number of para-hydroxylation sites is 1. The van der Waals surface area contributed by atoms with Crippen LogP contribution in [-0.2, 0) is 11.3 Å². The van der Waals surface area contributed by atoms with E-state index in [0.29, 0.717) is 19.2 Å². The van der Waals surface area contributed by atoms with Gasteiger partial charge in [0.25, 0.3) is 0 Å². The molecule has 0 radical (unpaired) electrons. The monoisotopic (exact) mass is 332 g/mol. The lowest BCUT2D eigenvalue weighted by atomic mass is 10.1. The summed E-state index contributed by atoms with van der Waals surface area (Å²) in [6, 6.07) is 6.18. The van der Waals surface area contributed by atoms with Crippen LogP contribution in [0.1, 0.15) is 44.6 Å². The number of rotatable bonds is 4. The SMILES string of the molecule is COc1cccc2c1OCCCN([C@@H](C)C(=O)NC1CCCC1)C2. The van der Waals surface area contributed by atoms with Gasteiger partial charge in [0.15, 0.2) is 11.5 Å². The first-order chi connectivity index (χ1) is 11.7. The fourth-order valence-electron chi connectivity index (χ4n) is 3.64. The van der Waals surface area contributed by atoms with Crippen molar-refractivity contribution in [2.75, 3.05) is 20.3 Å². The van der Waals surface area contributed by atoms with Crippen LogP contribution in [0.5, 0.6) is 11.5 Å². The Balaban J connectivity index is 1.71. The molecule has 1 aliphatic carbocycles. The molecule has 5 heteroatoms. The van der Waals surface area contributed by atoms with Crippen molar-refractivity contribution < 1.29 is 14.3 Å². The Morgan fingerprint density at radius 2 is 2.12 bits per heavy atom. The normalized spacial score (nSPS) is 20.4. The molecule has 5 nitrogen and oxygen atoms in total. The van der Waals surface area contributed by atoms with Crippen molar-refractivity contribution in [1.29, 1.82) is 0 Å². The van der Waals surface area contributed by atoms with Crippen molar-refractivity contribution in [1.82, 2.24) is 10.2 Å². The van der Waals surface area contributed by atoms with Crippen molar-refractivity contribution in [2.24, 2.45) is 0 Å². The van der Waals surface area contributed by atoms with Crippen molar-refractivity contribution in [2.45, 2.75) is 57.7 Å². The molecule has 0 spiro atoms. The molecule has 24 heavy (non-hydrogen) atoms. The van der Waals surface area contributed by atoms with Crippen LogP contribution < -0.4 is 14.8 Å². The zero-order valence-corrected chi connectivity index (χ0v) is 14.7. The third-order valence-electron chi connectivity index (χ3n) is 5.12. The van der Waals surface area contributed by atoms with Gasteiger partial charge in [-0.15, -0.1) is 0 Å². The molecule has 2 aliphatic rings. The summed E-state index contributed by atoms with van der Waals surface area (Å²) in [6.07, 6.45) is 5.60. The smallest absolute Gasteiger partial charge is 0.237 e. The maximum absolute atomic E-state index is 12.6. The largest absolute Gasteiger partial charge is 0.493 e. The zero-order chi connectivity index (χ0) is 16.9. The van der Waals surface area contributed by atoms with E-state index < -0.39 is 0 Å². The molecule has 1 N–H and O–H groups in total. The summed E-state index contributed by atoms with van der Waals surface area (Å²) in [7, 11) is 1.66. The second-order valence-electron chi connectivity index (χ2n) is 6.79. The summed E-state index contributed by atoms with van der Waals surface area (Å²) in [6.45, 7) is 4.20. The fraction of sp³-hybridized carbons (Fsp3) is 0.632. The fourth-order valence-corrected chi connectivity index (χ4v) is 3.64. The average Bonchev–Trinajstić information content (AvgIpc) is 3.07. The summed E-state index contributed by atoms with van der Waals surface area (Å²) >= 11 is 0. The third kappa shape index (κ3) is 3.83. The molecular weight excluding hydrogens is 304 g/mol. The number of hydrogen-bond acceptors (Lipinski definition) is 4. The lowest BCUT2D eigenvalue weighted by Gasteiger charge is -2.31. The van der Waals surface area contributed by atoms with E-state index in [0.717, 1.165) is 42.9 Å². The second-order valence-corrected chi connectivity index (χ2v) is 6.79. The van der Waals surface area contributed by atoms with Gasteiger partial charge in [0, 0.05) is 24.7 Å². The van der Waals surface area contributed by atoms with E-state index in [1.54, 1.807) is 7.11 Å². The molecule has 1 saturated carbocycles. The predicted octanol–water partition coefficient (Wildman–Crippen LogP) is 2.73. The molecule has 1 heterocycles. The standard InChI is InChI=1S/C19H28N2O3/c1-14(19(22)20-16-8-3-4-9-16)21-11-6-12-24-18-15(13-21)7-5-10-17(18)23-2/h5,7,10,14,16H,3-4,6,8-9,11-13H2,1-2H3,(H,20,22)/t14-/m0/s1. The van der Waals surface area contributed by atoms with Crippen LogP contribution in [-0.4, -0.2) is 43.2 Å². The molecular formula is C19H28N2O3. The van der Waals surface area contributed by atoms with E-state index in [1.165, 1.54) is 12.8 Å². The quantitative estimate of drug-likeness (QED) is 0.921. The van der Waals surface area contributed by atoms with Crippen molar-refractivity contribution in [3.63, 3.8) is 0 Å². The minimum absolute atomic E-state index is 0.136. The van der Waals surface area contributed by atoms with Crippen LogP contribution in [0.15, 0.2) is 18.2 Å². The second kappa shape index (κ2) is 7.88. The van der Waals surface area contributed by atoms with Crippen molar-refractivity contribution >= 4 is 5.91 Å². The molecule has 3 rings (SSSR count). The van der Waals surface area contributed by atoms with E-state index in [4.69, 9.17) is 9.47 Å². The summed E-state index contributed by atoms with van der Waals surface area (Å²) in [4.78, 5) is 14.9. The van der Waals surface area contributed by atoms with Crippen LogP contribution in [0.4, 0.5) is 0 Å². The van der Waals surface area contributed by atoms with Crippen LogP contribution in [0.25, 0.3) is 0 Å². The Bertz CT molecular complexity index is 570. The van der Waals surface area contributed by atoms with Gasteiger partial charge < -0.3 is 14.8 Å². The number of amides is 1. The van der Waals surface area contributed by atoms with Crippen LogP contribution in [0, 0.1) is 0 Å². The van der Waals surface area contributed by atoms with Gasteiger partial charge in [0.05, 0.1) is 19.8 Å². The van der Waals surface area contributed by atoms with Gasteiger partial charge in [-0.2, -0.15) is 0 Å². The molecule has 1 aromatic rings. The topological polar surface area (TPSA) is 50.8 Å². The lowest BCUT2D eigenvalue weighted by molar-refractivity contribution is -0.127. The summed E-state index contributed by atoms with van der Waals surface area (Å²) < 4.78 is 11.3. The molecule has 1 aromatic carbocycles. The third-order valence-corrected chi connectivity index (χ3v) is 5.12. The Hall–Kier alpha value is -1.75.